The Balaban J connectivity index is 2.68. The first-order valence-electron chi connectivity index (χ1n) is 5.95. The lowest BCUT2D eigenvalue weighted by Crippen LogP contribution is -2.18. The van der Waals surface area contributed by atoms with Crippen molar-refractivity contribution in [1.29, 1.82) is 0 Å². The van der Waals surface area contributed by atoms with Crippen molar-refractivity contribution in [3.63, 3.8) is 0 Å². The Morgan fingerprint density at radius 2 is 1.94 bits per heavy atom. The lowest BCUT2D eigenvalue weighted by Gasteiger charge is -2.07. The van der Waals surface area contributed by atoms with E-state index in [9.17, 15) is 14.4 Å². The summed E-state index contributed by atoms with van der Waals surface area (Å²) in [6, 6.07) is 3.34. The van der Waals surface area contributed by atoms with Gasteiger partial charge in [0.15, 0.2) is 0 Å². The second-order valence-corrected chi connectivity index (χ2v) is 3.85. The minimum atomic E-state index is -0.507. The number of ketones is 2. The van der Waals surface area contributed by atoms with E-state index in [1.54, 1.807) is 32.2 Å². The Hall–Kier alpha value is -1.91. The first-order chi connectivity index (χ1) is 8.58. The van der Waals surface area contributed by atoms with Gasteiger partial charge in [-0.15, -0.1) is 0 Å². The van der Waals surface area contributed by atoms with Crippen LogP contribution in [-0.4, -0.2) is 28.8 Å². The third kappa shape index (κ3) is 3.84. The molecule has 0 saturated heterocycles. The summed E-state index contributed by atoms with van der Waals surface area (Å²) in [5.74, 6) is -0.277. The zero-order valence-electron chi connectivity index (χ0n) is 10.6. The SMILES string of the molecule is CCOC(=O)n1cccc1CC(=O)CC(=O)CC. The molecule has 0 spiro atoms. The normalized spacial score (nSPS) is 10.1. The molecule has 1 heterocycles. The molecule has 0 aliphatic carbocycles. The molecule has 1 rings (SSSR count). The number of nitrogens with zero attached hydrogens (tertiary/aromatic N) is 1. The van der Waals surface area contributed by atoms with Gasteiger partial charge >= 0.3 is 6.09 Å². The van der Waals surface area contributed by atoms with Gasteiger partial charge < -0.3 is 4.74 Å². The van der Waals surface area contributed by atoms with Gasteiger partial charge in [0.1, 0.15) is 11.6 Å². The van der Waals surface area contributed by atoms with E-state index >= 15 is 0 Å². The Kier molecular flexibility index (Phi) is 5.30. The molecule has 0 fully saturated rings. The fraction of sp³-hybridized carbons (Fsp3) is 0.462. The third-order valence-corrected chi connectivity index (χ3v) is 2.46. The zero-order chi connectivity index (χ0) is 13.5. The van der Waals surface area contributed by atoms with Gasteiger partial charge in [0.05, 0.1) is 13.0 Å². The summed E-state index contributed by atoms with van der Waals surface area (Å²) in [6.45, 7) is 3.71. The van der Waals surface area contributed by atoms with E-state index < -0.39 is 6.09 Å². The molecule has 18 heavy (non-hydrogen) atoms. The Morgan fingerprint density at radius 1 is 1.22 bits per heavy atom. The molecular weight excluding hydrogens is 234 g/mol. The number of hydrogen-bond donors (Lipinski definition) is 0. The van der Waals surface area contributed by atoms with Crippen molar-refractivity contribution < 1.29 is 19.1 Å². The first-order valence-corrected chi connectivity index (χ1v) is 5.95. The molecule has 0 unspecified atom stereocenters. The molecule has 1 aromatic heterocycles. The smallest absolute Gasteiger partial charge is 0.418 e. The maximum absolute atomic E-state index is 11.6. The summed E-state index contributed by atoms with van der Waals surface area (Å²) in [5.41, 5.74) is 0.544. The summed E-state index contributed by atoms with van der Waals surface area (Å²) in [6.07, 6.45) is 1.38. The highest BCUT2D eigenvalue weighted by molar-refractivity contribution is 5.99. The molecule has 0 radical (unpaired) electrons. The minimum absolute atomic E-state index is 0.0670. The average molecular weight is 251 g/mol. The molecule has 5 heteroatoms. The molecular formula is C13H17NO4. The lowest BCUT2D eigenvalue weighted by atomic mass is 10.1. The molecule has 0 aromatic carbocycles. The molecule has 98 valence electrons. The zero-order valence-corrected chi connectivity index (χ0v) is 10.6. The number of carbonyl (C=O) groups is 3. The predicted octanol–water partition coefficient (Wildman–Crippen LogP) is 1.97. The number of rotatable bonds is 6. The van der Waals surface area contributed by atoms with Crippen LogP contribution < -0.4 is 0 Å². The second kappa shape index (κ2) is 6.74. The lowest BCUT2D eigenvalue weighted by molar-refractivity contribution is -0.126. The first kappa shape index (κ1) is 14.2. The summed E-state index contributed by atoms with van der Waals surface area (Å²) < 4.78 is 6.15. The van der Waals surface area contributed by atoms with Gasteiger partial charge in [0.25, 0.3) is 0 Å². The molecule has 0 N–H and O–H groups in total. The van der Waals surface area contributed by atoms with Gasteiger partial charge in [-0.2, -0.15) is 0 Å². The maximum Gasteiger partial charge on any atom is 0.418 e. The van der Waals surface area contributed by atoms with Crippen LogP contribution in [0.15, 0.2) is 18.3 Å². The van der Waals surface area contributed by atoms with Crippen LogP contribution in [0.2, 0.25) is 0 Å². The highest BCUT2D eigenvalue weighted by Crippen LogP contribution is 2.07. The average Bonchev–Trinajstić information content (AvgIpc) is 2.77. The van der Waals surface area contributed by atoms with Crippen molar-refractivity contribution in [3.05, 3.63) is 24.0 Å². The van der Waals surface area contributed by atoms with Crippen LogP contribution in [0.1, 0.15) is 32.4 Å². The molecule has 1 aromatic rings. The van der Waals surface area contributed by atoms with E-state index in [-0.39, 0.29) is 31.0 Å². The molecule has 0 aliphatic rings. The van der Waals surface area contributed by atoms with Gasteiger partial charge in [-0.05, 0) is 19.1 Å². The molecule has 5 nitrogen and oxygen atoms in total. The second-order valence-electron chi connectivity index (χ2n) is 3.85. The fourth-order valence-corrected chi connectivity index (χ4v) is 1.54. The van der Waals surface area contributed by atoms with E-state index in [2.05, 4.69) is 0 Å². The van der Waals surface area contributed by atoms with Crippen molar-refractivity contribution in [2.24, 2.45) is 0 Å². The minimum Gasteiger partial charge on any atom is -0.449 e. The van der Waals surface area contributed by atoms with E-state index in [1.807, 2.05) is 0 Å². The van der Waals surface area contributed by atoms with Crippen LogP contribution in [0.4, 0.5) is 4.79 Å². The van der Waals surface area contributed by atoms with Crippen molar-refractivity contribution in [2.75, 3.05) is 6.61 Å². The number of aromatic nitrogens is 1. The Labute approximate surface area is 106 Å². The van der Waals surface area contributed by atoms with Crippen LogP contribution in [0.25, 0.3) is 0 Å². The van der Waals surface area contributed by atoms with Crippen molar-refractivity contribution >= 4 is 17.7 Å². The van der Waals surface area contributed by atoms with Crippen molar-refractivity contribution in [3.8, 4) is 0 Å². The van der Waals surface area contributed by atoms with Gasteiger partial charge in [0.2, 0.25) is 0 Å². The van der Waals surface area contributed by atoms with E-state index in [0.717, 1.165) is 0 Å². The van der Waals surface area contributed by atoms with Crippen LogP contribution in [0.5, 0.6) is 0 Å². The van der Waals surface area contributed by atoms with Crippen molar-refractivity contribution in [1.82, 2.24) is 4.57 Å². The molecule has 0 bridgehead atoms. The molecule has 0 atom stereocenters. The largest absolute Gasteiger partial charge is 0.449 e. The topological polar surface area (TPSA) is 65.4 Å². The standard InChI is InChI=1S/C13H17NO4/c1-3-11(15)9-12(16)8-10-6-5-7-14(10)13(17)18-4-2/h5-7H,3-4,8-9H2,1-2H3. The third-order valence-electron chi connectivity index (χ3n) is 2.46. The molecule has 0 amide bonds. The maximum atomic E-state index is 11.6. The van der Waals surface area contributed by atoms with Gasteiger partial charge in [0, 0.05) is 24.7 Å². The van der Waals surface area contributed by atoms with Gasteiger partial charge in [-0.1, -0.05) is 6.92 Å². The van der Waals surface area contributed by atoms with Crippen LogP contribution in [0, 0.1) is 0 Å². The van der Waals surface area contributed by atoms with Crippen LogP contribution in [-0.2, 0) is 20.7 Å². The fourth-order valence-electron chi connectivity index (χ4n) is 1.54. The summed E-state index contributed by atoms with van der Waals surface area (Å²) in [7, 11) is 0. The van der Waals surface area contributed by atoms with E-state index in [1.165, 1.54) is 4.57 Å². The van der Waals surface area contributed by atoms with Crippen LogP contribution in [0.3, 0.4) is 0 Å². The summed E-state index contributed by atoms with van der Waals surface area (Å²) in [5, 5.41) is 0. The highest BCUT2D eigenvalue weighted by Gasteiger charge is 2.14. The molecule has 0 saturated carbocycles. The number of hydrogen-bond acceptors (Lipinski definition) is 4. The number of ether oxygens (including phenoxy) is 1. The monoisotopic (exact) mass is 251 g/mol. The van der Waals surface area contributed by atoms with Gasteiger partial charge in [-0.3, -0.25) is 14.2 Å². The predicted molar refractivity (Wildman–Crippen MR) is 65.5 cm³/mol. The van der Waals surface area contributed by atoms with E-state index in [4.69, 9.17) is 4.74 Å². The van der Waals surface area contributed by atoms with Gasteiger partial charge in [-0.25, -0.2) is 4.79 Å². The number of Topliss-reactive ketones (excluding diaryl/α,β-unsaturated/α-hetero) is 2. The Morgan fingerprint density at radius 3 is 2.56 bits per heavy atom. The highest BCUT2D eigenvalue weighted by atomic mass is 16.5. The van der Waals surface area contributed by atoms with E-state index in [0.29, 0.717) is 12.1 Å². The quantitative estimate of drug-likeness (QED) is 0.725. The number of carbonyl (C=O) groups excluding carboxylic acids is 3. The molecule has 0 aliphatic heterocycles. The summed E-state index contributed by atoms with van der Waals surface area (Å²) in [4.78, 5) is 34.3. The van der Waals surface area contributed by atoms with Crippen molar-refractivity contribution in [2.45, 2.75) is 33.1 Å². The van der Waals surface area contributed by atoms with Crippen LogP contribution >= 0.6 is 0 Å². The Bertz CT molecular complexity index is 448. The summed E-state index contributed by atoms with van der Waals surface area (Å²) >= 11 is 0.